The van der Waals surface area contributed by atoms with Gasteiger partial charge in [0, 0.05) is 55.8 Å². The highest BCUT2D eigenvalue weighted by molar-refractivity contribution is 6.38. The molecule has 0 amide bonds. The summed E-state index contributed by atoms with van der Waals surface area (Å²) >= 11 is 0. The molecule has 0 bridgehead atoms. The highest BCUT2D eigenvalue weighted by atomic mass is 16.5. The van der Waals surface area contributed by atoms with Crippen molar-refractivity contribution >= 4 is 17.6 Å². The van der Waals surface area contributed by atoms with Crippen LogP contribution in [0.25, 0.3) is 0 Å². The van der Waals surface area contributed by atoms with E-state index in [4.69, 9.17) is 10.6 Å². The van der Waals surface area contributed by atoms with Crippen LogP contribution in [0.5, 0.6) is 0 Å². The zero-order chi connectivity index (χ0) is 23.6. The first kappa shape index (κ1) is 24.0. The number of benzene rings is 2. The van der Waals surface area contributed by atoms with Gasteiger partial charge in [0.1, 0.15) is 5.71 Å². The summed E-state index contributed by atoms with van der Waals surface area (Å²) in [5.74, 6) is 12.3. The van der Waals surface area contributed by atoms with Crippen LogP contribution < -0.4 is 10.7 Å². The van der Waals surface area contributed by atoms with Crippen LogP contribution in [0, 0.1) is 18.8 Å². The molecule has 0 aliphatic carbocycles. The smallest absolute Gasteiger partial charge is 0.108 e. The van der Waals surface area contributed by atoms with Crippen molar-refractivity contribution in [1.29, 1.82) is 0 Å². The summed E-state index contributed by atoms with van der Waals surface area (Å²) in [4.78, 5) is 9.39. The summed E-state index contributed by atoms with van der Waals surface area (Å²) in [6.45, 7) is 8.47. The van der Waals surface area contributed by atoms with Gasteiger partial charge in [0.2, 0.25) is 0 Å². The van der Waals surface area contributed by atoms with Crippen LogP contribution in [0.2, 0.25) is 0 Å². The van der Waals surface area contributed by atoms with Crippen molar-refractivity contribution in [3.63, 3.8) is 0 Å². The van der Waals surface area contributed by atoms with Gasteiger partial charge in [-0.1, -0.05) is 36.1 Å². The molecule has 0 saturated carbocycles. The summed E-state index contributed by atoms with van der Waals surface area (Å²) in [6.07, 6.45) is 5.41. The van der Waals surface area contributed by atoms with E-state index in [9.17, 15) is 0 Å². The predicted octanol–water partition coefficient (Wildman–Crippen LogP) is 3.47. The van der Waals surface area contributed by atoms with Crippen LogP contribution in [-0.2, 0) is 4.74 Å². The molecular formula is C28H35N5O. The van der Waals surface area contributed by atoms with E-state index < -0.39 is 0 Å². The monoisotopic (exact) mass is 457 g/mol. The molecule has 1 unspecified atom stereocenters. The van der Waals surface area contributed by atoms with E-state index >= 15 is 0 Å². The average molecular weight is 458 g/mol. The molecule has 1 atom stereocenters. The molecule has 2 heterocycles. The van der Waals surface area contributed by atoms with Gasteiger partial charge in [0.15, 0.2) is 0 Å². The molecule has 2 fully saturated rings. The number of nitrogens with zero attached hydrogens (tertiary/aromatic N) is 4. The highest BCUT2D eigenvalue weighted by Crippen LogP contribution is 2.16. The van der Waals surface area contributed by atoms with E-state index in [0.717, 1.165) is 68.9 Å². The molecule has 34 heavy (non-hydrogen) atoms. The number of ether oxygens (including phenoxy) is 1. The fourth-order valence-electron chi connectivity index (χ4n) is 4.47. The molecule has 2 saturated heterocycles. The molecule has 178 valence electrons. The number of hydrazone groups is 1. The Morgan fingerprint density at radius 3 is 2.65 bits per heavy atom. The number of nitrogens with two attached hydrogens (primary N) is 1. The van der Waals surface area contributed by atoms with Gasteiger partial charge in [0.25, 0.3) is 0 Å². The maximum absolute atomic E-state index is 5.74. The third kappa shape index (κ3) is 6.69. The van der Waals surface area contributed by atoms with Crippen LogP contribution in [0.15, 0.2) is 58.6 Å². The molecule has 0 spiro atoms. The van der Waals surface area contributed by atoms with E-state index in [1.807, 2.05) is 12.1 Å². The number of hydrogen-bond acceptors (Lipinski definition) is 6. The summed E-state index contributed by atoms with van der Waals surface area (Å²) in [5, 5.41) is 3.96. The van der Waals surface area contributed by atoms with Crippen LogP contribution in [0.4, 0.5) is 5.69 Å². The van der Waals surface area contributed by atoms with Crippen molar-refractivity contribution in [2.75, 3.05) is 50.8 Å². The fraction of sp³-hybridized carbons (Fsp3) is 0.429. The van der Waals surface area contributed by atoms with Gasteiger partial charge in [-0.25, -0.2) is 0 Å². The largest absolute Gasteiger partial charge is 0.376 e. The number of aryl methyl sites for hydroxylation is 1. The maximum Gasteiger partial charge on any atom is 0.108 e. The Balaban J connectivity index is 1.28. The van der Waals surface area contributed by atoms with Gasteiger partial charge in [0.05, 0.1) is 19.2 Å². The third-order valence-electron chi connectivity index (χ3n) is 6.47. The number of anilines is 1. The first-order chi connectivity index (χ1) is 16.7. The molecular weight excluding hydrogens is 422 g/mol. The minimum Gasteiger partial charge on any atom is -0.376 e. The first-order valence-electron chi connectivity index (χ1n) is 12.2. The maximum atomic E-state index is 5.74. The second-order valence-electron chi connectivity index (χ2n) is 8.93. The summed E-state index contributed by atoms with van der Waals surface area (Å²) in [5.41, 5.74) is 5.07. The first-order valence-corrected chi connectivity index (χ1v) is 12.2. The van der Waals surface area contributed by atoms with Gasteiger partial charge in [-0.3, -0.25) is 9.89 Å². The Hall–Kier alpha value is -3.14. The van der Waals surface area contributed by atoms with E-state index in [2.05, 4.69) is 75.1 Å². The minimum absolute atomic E-state index is 0.212. The van der Waals surface area contributed by atoms with Crippen LogP contribution in [0.1, 0.15) is 36.0 Å². The van der Waals surface area contributed by atoms with Crippen molar-refractivity contribution < 1.29 is 4.74 Å². The van der Waals surface area contributed by atoms with Crippen LogP contribution in [-0.4, -0.2) is 68.8 Å². The molecule has 6 heteroatoms. The number of hydrogen-bond donors (Lipinski definition) is 1. The predicted molar refractivity (Wildman–Crippen MR) is 141 cm³/mol. The zero-order valence-corrected chi connectivity index (χ0v) is 20.1. The number of aliphatic imine (C=N–C) groups is 1. The number of rotatable bonds is 6. The van der Waals surface area contributed by atoms with Crippen LogP contribution in [0.3, 0.4) is 0 Å². The Morgan fingerprint density at radius 2 is 1.94 bits per heavy atom. The molecule has 2 aliphatic rings. The summed E-state index contributed by atoms with van der Waals surface area (Å²) < 4.78 is 5.74. The molecule has 2 aromatic carbocycles. The SMILES string of the molecule is Cc1cc(C#CCN2CCN(c3ccccc3)CC2)ccc1/C(C=NCC1CCCCO1)=N/N. The summed E-state index contributed by atoms with van der Waals surface area (Å²) in [7, 11) is 0. The fourth-order valence-corrected chi connectivity index (χ4v) is 4.47. The zero-order valence-electron chi connectivity index (χ0n) is 20.1. The van der Waals surface area contributed by atoms with Gasteiger partial charge >= 0.3 is 0 Å². The van der Waals surface area contributed by atoms with E-state index in [-0.39, 0.29) is 6.10 Å². The Morgan fingerprint density at radius 1 is 1.12 bits per heavy atom. The molecule has 2 aromatic rings. The lowest BCUT2D eigenvalue weighted by atomic mass is 10.0. The molecule has 0 aromatic heterocycles. The second kappa shape index (κ2) is 12.4. The van der Waals surface area contributed by atoms with Crippen molar-refractivity contribution in [3.05, 3.63) is 65.2 Å². The number of piperazine rings is 1. The van der Waals surface area contributed by atoms with Crippen LogP contribution >= 0.6 is 0 Å². The molecule has 6 nitrogen and oxygen atoms in total. The van der Waals surface area contributed by atoms with Gasteiger partial charge in [-0.05, 0) is 56.0 Å². The quantitative estimate of drug-likeness (QED) is 0.312. The lowest BCUT2D eigenvalue weighted by Gasteiger charge is -2.35. The molecule has 4 rings (SSSR count). The van der Waals surface area contributed by atoms with Gasteiger partial charge < -0.3 is 15.5 Å². The van der Waals surface area contributed by atoms with Gasteiger partial charge in [-0.15, -0.1) is 0 Å². The standard InChI is InChI=1S/C28H35N5O/c1-23-20-24(8-7-14-32-15-17-33(18-16-32)25-9-3-2-4-10-25)12-13-27(23)28(31-29)22-30-21-26-11-5-6-19-34-26/h2-4,9-10,12-13,20,22,26H,5-6,11,14-19,21,29H2,1H3/b30-22?,31-28+. The Bertz CT molecular complexity index is 1040. The Kier molecular flexibility index (Phi) is 8.72. The lowest BCUT2D eigenvalue weighted by molar-refractivity contribution is 0.0226. The highest BCUT2D eigenvalue weighted by Gasteiger charge is 2.16. The van der Waals surface area contributed by atoms with Crippen molar-refractivity contribution in [2.45, 2.75) is 32.3 Å². The van der Waals surface area contributed by atoms with Crippen molar-refractivity contribution in [1.82, 2.24) is 4.90 Å². The minimum atomic E-state index is 0.212. The number of para-hydroxylation sites is 1. The molecule has 2 aliphatic heterocycles. The van der Waals surface area contributed by atoms with Gasteiger partial charge in [-0.2, -0.15) is 5.10 Å². The van der Waals surface area contributed by atoms with Crippen molar-refractivity contribution in [2.24, 2.45) is 15.9 Å². The molecule has 0 radical (unpaired) electrons. The topological polar surface area (TPSA) is 66.5 Å². The normalized spacial score (nSPS) is 19.7. The second-order valence-corrected chi connectivity index (χ2v) is 8.93. The van der Waals surface area contributed by atoms with E-state index in [1.165, 1.54) is 12.1 Å². The summed E-state index contributed by atoms with van der Waals surface area (Å²) in [6, 6.07) is 16.8. The van der Waals surface area contributed by atoms with Crippen molar-refractivity contribution in [3.8, 4) is 11.8 Å². The Labute approximate surface area is 203 Å². The third-order valence-corrected chi connectivity index (χ3v) is 6.47. The average Bonchev–Trinajstić information content (AvgIpc) is 2.89. The lowest BCUT2D eigenvalue weighted by Crippen LogP contribution is -2.46. The molecule has 2 N–H and O–H groups in total. The van der Waals surface area contributed by atoms with E-state index in [0.29, 0.717) is 12.3 Å². The van der Waals surface area contributed by atoms with E-state index in [1.54, 1.807) is 6.21 Å².